The lowest BCUT2D eigenvalue weighted by molar-refractivity contribution is 0.0997. The second-order valence-corrected chi connectivity index (χ2v) is 6.80. The third-order valence-corrected chi connectivity index (χ3v) is 4.60. The Hall–Kier alpha value is -2.93. The molecule has 0 saturated carbocycles. The lowest BCUT2D eigenvalue weighted by Gasteiger charge is -2.09. The molecular weight excluding hydrogens is 396 g/mol. The van der Waals surface area contributed by atoms with E-state index in [2.05, 4.69) is 26.3 Å². The van der Waals surface area contributed by atoms with Gasteiger partial charge in [0.1, 0.15) is 0 Å². The van der Waals surface area contributed by atoms with Gasteiger partial charge in [0, 0.05) is 15.7 Å². The second-order valence-electron chi connectivity index (χ2n) is 5.88. The van der Waals surface area contributed by atoms with E-state index in [0.29, 0.717) is 22.4 Å². The molecule has 0 saturated heterocycles. The maximum absolute atomic E-state index is 12.6. The summed E-state index contributed by atoms with van der Waals surface area (Å²) in [5.74, 6) is -0.760. The highest BCUT2D eigenvalue weighted by Crippen LogP contribution is 2.19. The molecule has 6 nitrogen and oxygen atoms in total. The van der Waals surface area contributed by atoms with E-state index in [1.54, 1.807) is 29.8 Å². The fraction of sp³-hybridized carbons (Fsp3) is 0.105. The Balaban J connectivity index is 1.84. The normalized spacial score (nSPS) is 10.6. The molecule has 0 aliphatic heterocycles. The molecule has 0 fully saturated rings. The topological polar surface area (TPSA) is 90.0 Å². The van der Waals surface area contributed by atoms with Crippen molar-refractivity contribution in [2.45, 2.75) is 13.8 Å². The number of carbonyl (C=O) groups is 2. The number of aromatic nitrogens is 2. The monoisotopic (exact) mass is 412 g/mol. The minimum Gasteiger partial charge on any atom is -0.366 e. The fourth-order valence-electron chi connectivity index (χ4n) is 2.69. The number of benzene rings is 2. The molecule has 0 aliphatic rings. The first-order chi connectivity index (χ1) is 12.4. The number of anilines is 1. The Morgan fingerprint density at radius 3 is 2.38 bits per heavy atom. The summed E-state index contributed by atoms with van der Waals surface area (Å²) in [6.45, 7) is 3.61. The average Bonchev–Trinajstić information content (AvgIpc) is 2.97. The van der Waals surface area contributed by atoms with E-state index in [9.17, 15) is 9.59 Å². The Bertz CT molecular complexity index is 993. The first kappa shape index (κ1) is 17.9. The summed E-state index contributed by atoms with van der Waals surface area (Å²) in [5, 5.41) is 7.14. The quantitative estimate of drug-likeness (QED) is 0.685. The number of nitrogens with one attached hydrogen (secondary N) is 1. The standard InChI is InChI=1S/C19H17BrN4O2/c1-11-9-14(5-8-16(11)18(21)25)23-19(26)17-10-22-24(12(17)2)15-6-3-13(20)4-7-15/h3-10H,1-2H3,(H2,21,25)(H,23,26). The first-order valence-corrected chi connectivity index (χ1v) is 8.68. The molecule has 2 aromatic carbocycles. The van der Waals surface area contributed by atoms with Gasteiger partial charge in [-0.2, -0.15) is 5.10 Å². The number of hydrogen-bond donors (Lipinski definition) is 2. The summed E-state index contributed by atoms with van der Waals surface area (Å²) in [7, 11) is 0. The van der Waals surface area contributed by atoms with Crippen molar-refractivity contribution in [3.05, 3.63) is 75.5 Å². The molecule has 0 bridgehead atoms. The maximum Gasteiger partial charge on any atom is 0.259 e. The zero-order valence-electron chi connectivity index (χ0n) is 14.3. The average molecular weight is 413 g/mol. The van der Waals surface area contributed by atoms with Gasteiger partial charge in [-0.05, 0) is 61.9 Å². The van der Waals surface area contributed by atoms with E-state index in [4.69, 9.17) is 5.73 Å². The number of nitrogens with zero attached hydrogens (tertiary/aromatic N) is 2. The fourth-order valence-corrected chi connectivity index (χ4v) is 2.96. The van der Waals surface area contributed by atoms with E-state index >= 15 is 0 Å². The summed E-state index contributed by atoms with van der Waals surface area (Å²) in [6.07, 6.45) is 1.54. The predicted molar refractivity (Wildman–Crippen MR) is 104 cm³/mol. The van der Waals surface area contributed by atoms with Gasteiger partial charge in [0.05, 0.1) is 23.1 Å². The van der Waals surface area contributed by atoms with Gasteiger partial charge >= 0.3 is 0 Å². The summed E-state index contributed by atoms with van der Waals surface area (Å²) in [6, 6.07) is 12.6. The third kappa shape index (κ3) is 3.52. The second kappa shape index (κ2) is 7.13. The van der Waals surface area contributed by atoms with E-state index in [1.807, 2.05) is 31.2 Å². The lowest BCUT2D eigenvalue weighted by atomic mass is 10.1. The van der Waals surface area contributed by atoms with Gasteiger partial charge < -0.3 is 11.1 Å². The molecule has 0 radical (unpaired) electrons. The van der Waals surface area contributed by atoms with Crippen molar-refractivity contribution in [2.24, 2.45) is 5.73 Å². The Morgan fingerprint density at radius 2 is 1.77 bits per heavy atom. The molecular formula is C19H17BrN4O2. The highest BCUT2D eigenvalue weighted by molar-refractivity contribution is 9.10. The largest absolute Gasteiger partial charge is 0.366 e. The summed E-state index contributed by atoms with van der Waals surface area (Å²) in [5.41, 5.74) is 9.11. The summed E-state index contributed by atoms with van der Waals surface area (Å²) < 4.78 is 2.68. The van der Waals surface area contributed by atoms with E-state index in [1.165, 1.54) is 6.20 Å². The van der Waals surface area contributed by atoms with E-state index in [0.717, 1.165) is 15.9 Å². The highest BCUT2D eigenvalue weighted by Gasteiger charge is 2.16. The van der Waals surface area contributed by atoms with Gasteiger partial charge in [0.15, 0.2) is 0 Å². The molecule has 0 spiro atoms. The minimum absolute atomic E-state index is 0.267. The number of aryl methyl sites for hydroxylation is 1. The molecule has 3 rings (SSSR count). The Kier molecular flexibility index (Phi) is 4.90. The van der Waals surface area contributed by atoms with Crippen LogP contribution in [0, 0.1) is 13.8 Å². The van der Waals surface area contributed by atoms with Gasteiger partial charge in [-0.15, -0.1) is 0 Å². The highest BCUT2D eigenvalue weighted by atomic mass is 79.9. The number of primary amides is 1. The minimum atomic E-state index is -0.494. The van der Waals surface area contributed by atoms with Crippen LogP contribution < -0.4 is 11.1 Å². The molecule has 3 N–H and O–H groups in total. The number of rotatable bonds is 4. The van der Waals surface area contributed by atoms with E-state index < -0.39 is 5.91 Å². The molecule has 1 aromatic heterocycles. The van der Waals surface area contributed by atoms with Crippen LogP contribution in [-0.2, 0) is 0 Å². The van der Waals surface area contributed by atoms with Crippen molar-refractivity contribution in [2.75, 3.05) is 5.32 Å². The van der Waals surface area contributed by atoms with Crippen LogP contribution in [0.3, 0.4) is 0 Å². The van der Waals surface area contributed by atoms with Crippen molar-refractivity contribution in [3.63, 3.8) is 0 Å². The van der Waals surface area contributed by atoms with Crippen LogP contribution in [0.5, 0.6) is 0 Å². The maximum atomic E-state index is 12.6. The van der Waals surface area contributed by atoms with Crippen LogP contribution >= 0.6 is 15.9 Å². The SMILES string of the molecule is Cc1cc(NC(=O)c2cnn(-c3ccc(Br)cc3)c2C)ccc1C(N)=O. The van der Waals surface area contributed by atoms with Crippen molar-refractivity contribution >= 4 is 33.4 Å². The zero-order chi connectivity index (χ0) is 18.8. The Labute approximate surface area is 159 Å². The van der Waals surface area contributed by atoms with Gasteiger partial charge in [0.2, 0.25) is 5.91 Å². The van der Waals surface area contributed by atoms with Crippen molar-refractivity contribution in [1.82, 2.24) is 9.78 Å². The van der Waals surface area contributed by atoms with Crippen LogP contribution in [0.1, 0.15) is 32.0 Å². The van der Waals surface area contributed by atoms with Crippen LogP contribution in [0.2, 0.25) is 0 Å². The molecule has 7 heteroatoms. The van der Waals surface area contributed by atoms with Crippen LogP contribution in [0.25, 0.3) is 5.69 Å². The number of hydrogen-bond acceptors (Lipinski definition) is 3. The number of carbonyl (C=O) groups excluding carboxylic acids is 2. The zero-order valence-corrected chi connectivity index (χ0v) is 15.9. The van der Waals surface area contributed by atoms with Gasteiger partial charge in [0.25, 0.3) is 5.91 Å². The molecule has 132 valence electrons. The number of halogens is 1. The van der Waals surface area contributed by atoms with Crippen molar-refractivity contribution < 1.29 is 9.59 Å². The molecule has 26 heavy (non-hydrogen) atoms. The van der Waals surface area contributed by atoms with Gasteiger partial charge in [-0.1, -0.05) is 15.9 Å². The molecule has 3 aromatic rings. The van der Waals surface area contributed by atoms with Crippen LogP contribution in [-0.4, -0.2) is 21.6 Å². The number of amides is 2. The third-order valence-electron chi connectivity index (χ3n) is 4.08. The van der Waals surface area contributed by atoms with E-state index in [-0.39, 0.29) is 5.91 Å². The summed E-state index contributed by atoms with van der Waals surface area (Å²) >= 11 is 3.40. The van der Waals surface area contributed by atoms with Crippen LogP contribution in [0.4, 0.5) is 5.69 Å². The van der Waals surface area contributed by atoms with Crippen molar-refractivity contribution in [3.8, 4) is 5.69 Å². The molecule has 1 heterocycles. The summed E-state index contributed by atoms with van der Waals surface area (Å²) in [4.78, 5) is 23.9. The number of nitrogens with two attached hydrogens (primary N) is 1. The molecule has 0 unspecified atom stereocenters. The molecule has 2 amide bonds. The Morgan fingerprint density at radius 1 is 1.08 bits per heavy atom. The molecule has 0 aliphatic carbocycles. The molecule has 0 atom stereocenters. The van der Waals surface area contributed by atoms with Crippen LogP contribution in [0.15, 0.2) is 53.1 Å². The van der Waals surface area contributed by atoms with Gasteiger partial charge in [-0.3, -0.25) is 9.59 Å². The van der Waals surface area contributed by atoms with Crippen molar-refractivity contribution in [1.29, 1.82) is 0 Å². The first-order valence-electron chi connectivity index (χ1n) is 7.89. The lowest BCUT2D eigenvalue weighted by Crippen LogP contribution is -2.15. The van der Waals surface area contributed by atoms with Gasteiger partial charge in [-0.25, -0.2) is 4.68 Å². The smallest absolute Gasteiger partial charge is 0.259 e. The predicted octanol–water partition coefficient (Wildman–Crippen LogP) is 3.60.